The molecule has 0 bridgehead atoms. The van der Waals surface area contributed by atoms with Crippen LogP contribution in [0.2, 0.25) is 10.0 Å². The lowest BCUT2D eigenvalue weighted by atomic mass is 10.2. The minimum absolute atomic E-state index is 0.244. The number of hydrogen-bond acceptors (Lipinski definition) is 5. The smallest absolute Gasteiger partial charge is 0.323 e. The van der Waals surface area contributed by atoms with Crippen molar-refractivity contribution in [3.8, 4) is 0 Å². The van der Waals surface area contributed by atoms with E-state index in [1.165, 1.54) is 28.6 Å². The first kappa shape index (κ1) is 21.4. The van der Waals surface area contributed by atoms with E-state index in [1.807, 2.05) is 37.3 Å². The zero-order valence-corrected chi connectivity index (χ0v) is 18.7. The highest BCUT2D eigenvalue weighted by atomic mass is 35.5. The Morgan fingerprint density at radius 2 is 1.94 bits per heavy atom. The Bertz CT molecular complexity index is 1300. The number of anilines is 1. The summed E-state index contributed by atoms with van der Waals surface area (Å²) in [4.78, 5) is 29.6. The lowest BCUT2D eigenvalue weighted by Crippen LogP contribution is -2.28. The van der Waals surface area contributed by atoms with Crippen molar-refractivity contribution >= 4 is 52.2 Å². The highest BCUT2D eigenvalue weighted by Crippen LogP contribution is 2.26. The predicted molar refractivity (Wildman–Crippen MR) is 123 cm³/mol. The van der Waals surface area contributed by atoms with E-state index in [0.29, 0.717) is 32.2 Å². The average Bonchev–Trinajstić information content (AvgIpc) is 3.06. The number of halogens is 2. The van der Waals surface area contributed by atoms with E-state index in [-0.39, 0.29) is 6.54 Å². The molecule has 10 heteroatoms. The van der Waals surface area contributed by atoms with E-state index < -0.39 is 11.6 Å². The topological polar surface area (TPSA) is 81.3 Å². The molecule has 1 amide bonds. The standard InChI is InChI=1S/C21H17Cl2N5O2S/c1-13-3-2-4-16(23)18(13)25-17(29)11-28-21(30)27-10-9-24-20(19(27)26-28)31-12-14-5-7-15(22)8-6-14/h2-10H,11-12H2,1H3,(H,25,29). The number of nitrogens with zero attached hydrogens (tertiary/aromatic N) is 4. The molecule has 0 aliphatic heterocycles. The van der Waals surface area contributed by atoms with Crippen LogP contribution in [0.3, 0.4) is 0 Å². The summed E-state index contributed by atoms with van der Waals surface area (Å²) in [5.74, 6) is 0.238. The van der Waals surface area contributed by atoms with Crippen LogP contribution in [0.15, 0.2) is 64.7 Å². The molecule has 0 spiro atoms. The molecule has 31 heavy (non-hydrogen) atoms. The molecular formula is C21H17Cl2N5O2S. The second kappa shape index (κ2) is 9.13. The summed E-state index contributed by atoms with van der Waals surface area (Å²) in [5.41, 5.74) is 2.39. The van der Waals surface area contributed by atoms with Gasteiger partial charge < -0.3 is 5.32 Å². The first-order chi connectivity index (χ1) is 14.9. The van der Waals surface area contributed by atoms with Gasteiger partial charge in [-0.2, -0.15) is 0 Å². The van der Waals surface area contributed by atoms with Gasteiger partial charge in [0.25, 0.3) is 0 Å². The van der Waals surface area contributed by atoms with E-state index in [2.05, 4.69) is 15.4 Å². The Kier molecular flexibility index (Phi) is 6.31. The van der Waals surface area contributed by atoms with E-state index >= 15 is 0 Å². The molecule has 2 aromatic carbocycles. The lowest BCUT2D eigenvalue weighted by molar-refractivity contribution is -0.117. The molecule has 0 atom stereocenters. The number of carbonyl (C=O) groups is 1. The number of aryl methyl sites for hydroxylation is 1. The van der Waals surface area contributed by atoms with Crippen molar-refractivity contribution in [2.45, 2.75) is 24.2 Å². The summed E-state index contributed by atoms with van der Waals surface area (Å²) in [6.07, 6.45) is 3.07. The normalized spacial score (nSPS) is 11.1. The molecule has 0 radical (unpaired) electrons. The quantitative estimate of drug-likeness (QED) is 0.418. The fourth-order valence-corrected chi connectivity index (χ4v) is 4.26. The van der Waals surface area contributed by atoms with Crippen LogP contribution in [0.1, 0.15) is 11.1 Å². The van der Waals surface area contributed by atoms with Crippen LogP contribution in [-0.2, 0) is 17.1 Å². The number of carbonyl (C=O) groups excluding carboxylic acids is 1. The van der Waals surface area contributed by atoms with Crippen LogP contribution in [0.25, 0.3) is 5.65 Å². The van der Waals surface area contributed by atoms with Gasteiger partial charge in [0.2, 0.25) is 5.91 Å². The van der Waals surface area contributed by atoms with Crippen LogP contribution >= 0.6 is 35.0 Å². The number of hydrogen-bond donors (Lipinski definition) is 1. The summed E-state index contributed by atoms with van der Waals surface area (Å²) >= 11 is 13.5. The van der Waals surface area contributed by atoms with Crippen LogP contribution in [-0.4, -0.2) is 25.1 Å². The number of fused-ring (bicyclic) bond motifs is 1. The first-order valence-corrected chi connectivity index (χ1v) is 11.0. The molecule has 0 fully saturated rings. The molecule has 0 saturated heterocycles. The fourth-order valence-electron chi connectivity index (χ4n) is 2.97. The molecule has 0 saturated carbocycles. The van der Waals surface area contributed by atoms with Crippen molar-refractivity contribution < 1.29 is 4.79 Å². The minimum Gasteiger partial charge on any atom is -0.323 e. The van der Waals surface area contributed by atoms with Gasteiger partial charge in [-0.1, -0.05) is 59.2 Å². The van der Waals surface area contributed by atoms with Crippen LogP contribution < -0.4 is 11.0 Å². The molecule has 4 rings (SSSR count). The van der Waals surface area contributed by atoms with Crippen molar-refractivity contribution in [1.29, 1.82) is 0 Å². The highest BCUT2D eigenvalue weighted by Gasteiger charge is 2.16. The van der Waals surface area contributed by atoms with E-state index in [1.54, 1.807) is 12.1 Å². The molecule has 0 aliphatic rings. The van der Waals surface area contributed by atoms with E-state index in [4.69, 9.17) is 23.2 Å². The number of benzene rings is 2. The van der Waals surface area contributed by atoms with Crippen LogP contribution in [0, 0.1) is 6.92 Å². The Balaban J connectivity index is 1.54. The van der Waals surface area contributed by atoms with E-state index in [0.717, 1.165) is 15.8 Å². The first-order valence-electron chi connectivity index (χ1n) is 9.29. The Morgan fingerprint density at radius 1 is 1.16 bits per heavy atom. The molecular weight excluding hydrogens is 457 g/mol. The molecule has 158 valence electrons. The monoisotopic (exact) mass is 473 g/mol. The van der Waals surface area contributed by atoms with Crippen molar-refractivity contribution in [2.24, 2.45) is 0 Å². The van der Waals surface area contributed by atoms with Gasteiger partial charge in [0.15, 0.2) is 5.65 Å². The summed E-state index contributed by atoms with van der Waals surface area (Å²) in [7, 11) is 0. The number of rotatable bonds is 6. The maximum absolute atomic E-state index is 12.7. The molecule has 4 aromatic rings. The average molecular weight is 474 g/mol. The second-order valence-electron chi connectivity index (χ2n) is 6.76. The third-order valence-corrected chi connectivity index (χ3v) is 6.14. The summed E-state index contributed by atoms with van der Waals surface area (Å²) < 4.78 is 2.50. The van der Waals surface area contributed by atoms with Crippen LogP contribution in [0.5, 0.6) is 0 Å². The van der Waals surface area contributed by atoms with Gasteiger partial charge in [0.05, 0.1) is 10.7 Å². The van der Waals surface area contributed by atoms with Gasteiger partial charge in [0.1, 0.15) is 11.6 Å². The van der Waals surface area contributed by atoms with E-state index in [9.17, 15) is 9.59 Å². The Morgan fingerprint density at radius 3 is 2.68 bits per heavy atom. The molecule has 2 aromatic heterocycles. The van der Waals surface area contributed by atoms with Crippen molar-refractivity contribution in [2.75, 3.05) is 5.32 Å². The number of aromatic nitrogens is 4. The zero-order chi connectivity index (χ0) is 22.0. The second-order valence-corrected chi connectivity index (χ2v) is 8.57. The number of para-hydroxylation sites is 1. The largest absolute Gasteiger partial charge is 0.350 e. The Hall–Kier alpha value is -2.81. The maximum Gasteiger partial charge on any atom is 0.350 e. The van der Waals surface area contributed by atoms with Crippen molar-refractivity contribution in [3.63, 3.8) is 0 Å². The fraction of sp³-hybridized carbons (Fsp3) is 0.143. The van der Waals surface area contributed by atoms with Gasteiger partial charge in [-0.3, -0.25) is 4.79 Å². The van der Waals surface area contributed by atoms with Gasteiger partial charge in [0, 0.05) is 23.2 Å². The lowest BCUT2D eigenvalue weighted by Gasteiger charge is -2.09. The maximum atomic E-state index is 12.7. The molecule has 7 nitrogen and oxygen atoms in total. The summed E-state index contributed by atoms with van der Waals surface area (Å²) in [6, 6.07) is 12.8. The van der Waals surface area contributed by atoms with Crippen LogP contribution in [0.4, 0.5) is 5.69 Å². The Labute approximate surface area is 192 Å². The molecule has 0 unspecified atom stereocenters. The zero-order valence-electron chi connectivity index (χ0n) is 16.4. The number of amides is 1. The number of nitrogens with one attached hydrogen (secondary N) is 1. The molecule has 1 N–H and O–H groups in total. The van der Waals surface area contributed by atoms with Gasteiger partial charge in [-0.25, -0.2) is 18.9 Å². The minimum atomic E-state index is -0.420. The van der Waals surface area contributed by atoms with Gasteiger partial charge in [-0.05, 0) is 36.2 Å². The summed E-state index contributed by atoms with van der Waals surface area (Å²) in [5, 5.41) is 8.78. The van der Waals surface area contributed by atoms with Gasteiger partial charge in [-0.15, -0.1) is 5.10 Å². The third-order valence-electron chi connectivity index (χ3n) is 4.54. The van der Waals surface area contributed by atoms with Crippen molar-refractivity contribution in [1.82, 2.24) is 19.2 Å². The molecule has 0 aliphatic carbocycles. The van der Waals surface area contributed by atoms with Gasteiger partial charge >= 0.3 is 5.69 Å². The highest BCUT2D eigenvalue weighted by molar-refractivity contribution is 7.98. The number of thioether (sulfide) groups is 1. The third kappa shape index (κ3) is 4.76. The molecule has 2 heterocycles. The summed E-state index contributed by atoms with van der Waals surface area (Å²) in [6.45, 7) is 1.60. The SMILES string of the molecule is Cc1cccc(Cl)c1NC(=O)Cn1nc2c(SCc3ccc(Cl)cc3)nccn2c1=O. The predicted octanol–water partition coefficient (Wildman–Crippen LogP) is 4.44. The van der Waals surface area contributed by atoms with Crippen molar-refractivity contribution in [3.05, 3.63) is 86.5 Å².